The van der Waals surface area contributed by atoms with Gasteiger partial charge in [-0.25, -0.2) is 0 Å². The highest BCUT2D eigenvalue weighted by molar-refractivity contribution is 5.75. The number of nitrogens with one attached hydrogen (secondary N) is 1. The maximum atomic E-state index is 12.0. The Labute approximate surface area is 133 Å². The smallest absolute Gasteiger partial charge is 0.389 e. The zero-order valence-electron chi connectivity index (χ0n) is 12.8. The third kappa shape index (κ3) is 6.19. The number of aliphatic hydroxyl groups excluding tert-OH is 1. The SMILES string of the molecule is O=C(CCC(F)(F)F)NCC(O)CN1CCc2ccccc2C1. The lowest BCUT2D eigenvalue weighted by molar-refractivity contribution is -0.144. The molecule has 2 rings (SSSR count). The van der Waals surface area contributed by atoms with Gasteiger partial charge in [0, 0.05) is 32.6 Å². The van der Waals surface area contributed by atoms with Gasteiger partial charge in [0.15, 0.2) is 0 Å². The summed E-state index contributed by atoms with van der Waals surface area (Å²) >= 11 is 0. The van der Waals surface area contributed by atoms with E-state index in [0.29, 0.717) is 6.54 Å². The molecule has 0 saturated heterocycles. The van der Waals surface area contributed by atoms with Crippen molar-refractivity contribution in [1.29, 1.82) is 0 Å². The van der Waals surface area contributed by atoms with Gasteiger partial charge in [-0.2, -0.15) is 13.2 Å². The number of benzene rings is 1. The van der Waals surface area contributed by atoms with Gasteiger partial charge in [0.25, 0.3) is 0 Å². The van der Waals surface area contributed by atoms with Crippen LogP contribution in [0.5, 0.6) is 0 Å². The number of alkyl halides is 3. The average Bonchev–Trinajstić information content (AvgIpc) is 2.50. The molecule has 0 aliphatic carbocycles. The van der Waals surface area contributed by atoms with Crippen LogP contribution in [-0.2, 0) is 17.8 Å². The molecule has 1 aliphatic rings. The van der Waals surface area contributed by atoms with E-state index in [-0.39, 0.29) is 6.54 Å². The fourth-order valence-corrected chi connectivity index (χ4v) is 2.65. The van der Waals surface area contributed by atoms with Crippen LogP contribution in [0.3, 0.4) is 0 Å². The van der Waals surface area contributed by atoms with Crippen LogP contribution in [-0.4, -0.2) is 47.8 Å². The number of carbonyl (C=O) groups is 1. The van der Waals surface area contributed by atoms with Crippen LogP contribution in [0.2, 0.25) is 0 Å². The summed E-state index contributed by atoms with van der Waals surface area (Å²) in [4.78, 5) is 13.4. The van der Waals surface area contributed by atoms with Crippen LogP contribution in [0.15, 0.2) is 24.3 Å². The Morgan fingerprint density at radius 3 is 2.70 bits per heavy atom. The summed E-state index contributed by atoms with van der Waals surface area (Å²) in [6, 6.07) is 8.11. The van der Waals surface area contributed by atoms with E-state index in [1.807, 2.05) is 18.2 Å². The van der Waals surface area contributed by atoms with E-state index in [9.17, 15) is 23.1 Å². The fraction of sp³-hybridized carbons (Fsp3) is 0.562. The van der Waals surface area contributed by atoms with E-state index in [1.54, 1.807) is 0 Å². The molecule has 1 aliphatic heterocycles. The lowest BCUT2D eigenvalue weighted by atomic mass is 10.00. The van der Waals surface area contributed by atoms with Gasteiger partial charge in [0.05, 0.1) is 12.5 Å². The molecular formula is C16H21F3N2O2. The van der Waals surface area contributed by atoms with Crippen molar-refractivity contribution in [2.75, 3.05) is 19.6 Å². The van der Waals surface area contributed by atoms with Gasteiger partial charge < -0.3 is 10.4 Å². The Hall–Kier alpha value is -1.60. The molecule has 0 radical (unpaired) electrons. The van der Waals surface area contributed by atoms with Crippen molar-refractivity contribution in [3.63, 3.8) is 0 Å². The molecule has 0 spiro atoms. The first-order chi connectivity index (χ1) is 10.8. The van der Waals surface area contributed by atoms with E-state index in [0.717, 1.165) is 19.5 Å². The van der Waals surface area contributed by atoms with E-state index in [4.69, 9.17) is 0 Å². The summed E-state index contributed by atoms with van der Waals surface area (Å²) in [6.45, 7) is 1.90. The number of β-amino-alcohol motifs (C(OH)–C–C–N with tert-alkyl or cyclic N) is 1. The van der Waals surface area contributed by atoms with E-state index >= 15 is 0 Å². The molecule has 4 nitrogen and oxygen atoms in total. The van der Waals surface area contributed by atoms with Gasteiger partial charge in [-0.3, -0.25) is 9.69 Å². The minimum absolute atomic E-state index is 0.0329. The van der Waals surface area contributed by atoms with Crippen molar-refractivity contribution in [2.24, 2.45) is 0 Å². The van der Waals surface area contributed by atoms with Gasteiger partial charge in [0.2, 0.25) is 5.91 Å². The summed E-state index contributed by atoms with van der Waals surface area (Å²) in [5, 5.41) is 12.3. The van der Waals surface area contributed by atoms with Gasteiger partial charge in [0.1, 0.15) is 0 Å². The molecule has 0 bridgehead atoms. The molecule has 1 heterocycles. The normalized spacial score (nSPS) is 16.7. The monoisotopic (exact) mass is 330 g/mol. The van der Waals surface area contributed by atoms with Crippen LogP contribution >= 0.6 is 0 Å². The third-order valence-electron chi connectivity index (χ3n) is 3.85. The zero-order chi connectivity index (χ0) is 16.9. The van der Waals surface area contributed by atoms with Crippen molar-refractivity contribution >= 4 is 5.91 Å². The zero-order valence-corrected chi connectivity index (χ0v) is 12.8. The molecule has 7 heteroatoms. The van der Waals surface area contributed by atoms with Gasteiger partial charge in [-0.1, -0.05) is 24.3 Å². The predicted octanol–water partition coefficient (Wildman–Crippen LogP) is 1.86. The quantitative estimate of drug-likeness (QED) is 0.837. The standard InChI is InChI=1S/C16H21F3N2O2/c17-16(18,19)7-5-15(23)20-9-14(22)11-21-8-6-12-3-1-2-4-13(12)10-21/h1-4,14,22H,5-11H2,(H,20,23). The van der Waals surface area contributed by atoms with Gasteiger partial charge in [-0.05, 0) is 17.5 Å². The minimum Gasteiger partial charge on any atom is -0.390 e. The number of aliphatic hydroxyl groups is 1. The lowest BCUT2D eigenvalue weighted by Gasteiger charge is -2.30. The summed E-state index contributed by atoms with van der Waals surface area (Å²) in [5.74, 6) is -0.689. The van der Waals surface area contributed by atoms with Crippen molar-refractivity contribution in [3.05, 3.63) is 35.4 Å². The molecule has 0 saturated carbocycles. The first-order valence-corrected chi connectivity index (χ1v) is 7.64. The van der Waals surface area contributed by atoms with Gasteiger partial charge >= 0.3 is 6.18 Å². The number of amides is 1. The Bertz CT molecular complexity index is 534. The number of halogens is 3. The highest BCUT2D eigenvalue weighted by atomic mass is 19.4. The first kappa shape index (κ1) is 17.7. The topological polar surface area (TPSA) is 52.6 Å². The minimum atomic E-state index is -4.34. The van der Waals surface area contributed by atoms with E-state index < -0.39 is 31.0 Å². The van der Waals surface area contributed by atoms with Crippen LogP contribution in [0.4, 0.5) is 13.2 Å². The average molecular weight is 330 g/mol. The van der Waals surface area contributed by atoms with Crippen molar-refractivity contribution in [1.82, 2.24) is 10.2 Å². The number of nitrogens with zero attached hydrogens (tertiary/aromatic N) is 1. The second-order valence-electron chi connectivity index (χ2n) is 5.83. The van der Waals surface area contributed by atoms with Crippen LogP contribution < -0.4 is 5.32 Å². The molecular weight excluding hydrogens is 309 g/mol. The van der Waals surface area contributed by atoms with Crippen LogP contribution in [0, 0.1) is 0 Å². The molecule has 1 unspecified atom stereocenters. The summed E-state index contributed by atoms with van der Waals surface area (Å²) < 4.78 is 36.0. The number of rotatable bonds is 6. The van der Waals surface area contributed by atoms with E-state index in [1.165, 1.54) is 11.1 Å². The highest BCUT2D eigenvalue weighted by Crippen LogP contribution is 2.21. The maximum absolute atomic E-state index is 12.0. The van der Waals surface area contributed by atoms with Crippen LogP contribution in [0.25, 0.3) is 0 Å². The maximum Gasteiger partial charge on any atom is 0.389 e. The largest absolute Gasteiger partial charge is 0.390 e. The molecule has 2 N–H and O–H groups in total. The van der Waals surface area contributed by atoms with Gasteiger partial charge in [-0.15, -0.1) is 0 Å². The Balaban J connectivity index is 1.69. The summed E-state index contributed by atoms with van der Waals surface area (Å²) in [6.07, 6.45) is -5.97. The highest BCUT2D eigenvalue weighted by Gasteiger charge is 2.28. The Morgan fingerprint density at radius 2 is 2.00 bits per heavy atom. The second kappa shape index (κ2) is 7.79. The first-order valence-electron chi connectivity index (χ1n) is 7.64. The molecule has 1 atom stereocenters. The summed E-state index contributed by atoms with van der Waals surface area (Å²) in [7, 11) is 0. The number of fused-ring (bicyclic) bond motifs is 1. The number of hydrogen-bond donors (Lipinski definition) is 2. The fourth-order valence-electron chi connectivity index (χ4n) is 2.65. The molecule has 0 aromatic heterocycles. The number of hydrogen-bond acceptors (Lipinski definition) is 3. The predicted molar refractivity (Wildman–Crippen MR) is 79.7 cm³/mol. The molecule has 0 fully saturated rings. The molecule has 1 aromatic carbocycles. The van der Waals surface area contributed by atoms with Crippen molar-refractivity contribution in [3.8, 4) is 0 Å². The van der Waals surface area contributed by atoms with E-state index in [2.05, 4.69) is 16.3 Å². The molecule has 128 valence electrons. The number of carbonyl (C=O) groups excluding carboxylic acids is 1. The third-order valence-corrected chi connectivity index (χ3v) is 3.85. The Kier molecular flexibility index (Phi) is 6.01. The Morgan fingerprint density at radius 1 is 1.30 bits per heavy atom. The molecule has 23 heavy (non-hydrogen) atoms. The van der Waals surface area contributed by atoms with Crippen molar-refractivity contribution in [2.45, 2.75) is 38.1 Å². The lowest BCUT2D eigenvalue weighted by Crippen LogP contribution is -2.42. The molecule has 1 aromatic rings. The summed E-state index contributed by atoms with van der Waals surface area (Å²) in [5.41, 5.74) is 2.53. The van der Waals surface area contributed by atoms with Crippen molar-refractivity contribution < 1.29 is 23.1 Å². The van der Waals surface area contributed by atoms with Crippen LogP contribution in [0.1, 0.15) is 24.0 Å². The second-order valence-corrected chi connectivity index (χ2v) is 5.83. The molecule has 1 amide bonds.